The van der Waals surface area contributed by atoms with Crippen LogP contribution < -0.4 is 9.64 Å². The van der Waals surface area contributed by atoms with Crippen molar-refractivity contribution in [2.45, 2.75) is 13.3 Å². The van der Waals surface area contributed by atoms with Crippen LogP contribution in [0.25, 0.3) is 0 Å². The van der Waals surface area contributed by atoms with E-state index in [1.165, 1.54) is 4.90 Å². The smallest absolute Gasteiger partial charge is 0.343 e. The number of amides is 2. The fourth-order valence-electron chi connectivity index (χ4n) is 5.80. The summed E-state index contributed by atoms with van der Waals surface area (Å²) < 4.78 is 5.42. The van der Waals surface area contributed by atoms with E-state index in [9.17, 15) is 14.4 Å². The highest BCUT2D eigenvalue weighted by Crippen LogP contribution is 2.65. The second-order valence-corrected chi connectivity index (χ2v) is 9.42. The van der Waals surface area contributed by atoms with Gasteiger partial charge in [-0.2, -0.15) is 0 Å². The number of carbonyl (C=O) groups is 3. The van der Waals surface area contributed by atoms with Crippen molar-refractivity contribution in [2.75, 3.05) is 4.90 Å². The summed E-state index contributed by atoms with van der Waals surface area (Å²) in [5.74, 6) is 0.751. The summed E-state index contributed by atoms with van der Waals surface area (Å²) in [5, 5.41) is 0.602. The van der Waals surface area contributed by atoms with Crippen LogP contribution in [0.15, 0.2) is 54.6 Å². The lowest BCUT2D eigenvalue weighted by atomic mass is 9.63. The summed E-state index contributed by atoms with van der Waals surface area (Å²) in [6.07, 6.45) is 5.46. The average molecular weight is 434 g/mol. The molecule has 1 aliphatic heterocycles. The Morgan fingerprint density at radius 2 is 1.58 bits per heavy atom. The first kappa shape index (κ1) is 18.8. The molecule has 7 rings (SSSR count). The molecular weight excluding hydrogens is 414 g/mol. The molecule has 0 aromatic heterocycles. The van der Waals surface area contributed by atoms with Gasteiger partial charge >= 0.3 is 5.97 Å². The zero-order valence-corrected chi connectivity index (χ0v) is 17.6. The van der Waals surface area contributed by atoms with Crippen LogP contribution in [0.2, 0.25) is 5.02 Å². The Morgan fingerprint density at radius 3 is 2.16 bits per heavy atom. The van der Waals surface area contributed by atoms with E-state index < -0.39 is 5.97 Å². The van der Waals surface area contributed by atoms with Crippen LogP contribution in [-0.4, -0.2) is 17.8 Å². The number of rotatable bonds is 3. The number of hydrogen-bond donors (Lipinski definition) is 0. The fraction of sp³-hybridized carbons (Fsp3) is 0.320. The molecule has 2 aromatic carbocycles. The Balaban J connectivity index is 1.22. The second kappa shape index (κ2) is 6.54. The summed E-state index contributed by atoms with van der Waals surface area (Å²) >= 11 is 6.01. The van der Waals surface area contributed by atoms with Crippen molar-refractivity contribution >= 4 is 35.1 Å². The quantitative estimate of drug-likeness (QED) is 0.311. The minimum Gasteiger partial charge on any atom is -0.423 e. The van der Waals surface area contributed by atoms with E-state index in [1.54, 1.807) is 42.5 Å². The number of benzene rings is 2. The minimum atomic E-state index is -0.511. The summed E-state index contributed by atoms with van der Waals surface area (Å²) in [6, 6.07) is 11.5. The zero-order valence-electron chi connectivity index (χ0n) is 16.8. The topological polar surface area (TPSA) is 63.7 Å². The number of esters is 1. The summed E-state index contributed by atoms with van der Waals surface area (Å²) in [6.45, 7) is 1.83. The van der Waals surface area contributed by atoms with Crippen molar-refractivity contribution in [3.63, 3.8) is 0 Å². The molecule has 0 spiro atoms. The summed E-state index contributed by atoms with van der Waals surface area (Å²) in [5.41, 5.74) is 1.67. The van der Waals surface area contributed by atoms with Crippen molar-refractivity contribution in [3.05, 3.63) is 70.8 Å². The SMILES string of the molecule is Cc1cc(OC(=O)c2ccc(N3C(=O)[C@@H]4[C@H]5C=C[C@@H]([C@@H]6C[C@H]56)[C@@H]4C3=O)cc2)ccc1Cl. The lowest BCUT2D eigenvalue weighted by molar-refractivity contribution is -0.124. The van der Waals surface area contributed by atoms with E-state index >= 15 is 0 Å². The van der Waals surface area contributed by atoms with Gasteiger partial charge in [-0.3, -0.25) is 14.5 Å². The lowest BCUT2D eigenvalue weighted by Crippen LogP contribution is -2.40. The Hall–Kier alpha value is -2.92. The normalized spacial score (nSPS) is 32.1. The zero-order chi connectivity index (χ0) is 21.4. The Labute approximate surface area is 184 Å². The van der Waals surface area contributed by atoms with Gasteiger partial charge in [0.05, 0.1) is 23.1 Å². The Kier molecular flexibility index (Phi) is 3.97. The molecule has 2 aromatic rings. The maximum Gasteiger partial charge on any atom is 0.343 e. The lowest BCUT2D eigenvalue weighted by Gasteiger charge is -2.37. The molecule has 6 heteroatoms. The number of allylic oxidation sites excluding steroid dienone is 2. The van der Waals surface area contributed by atoms with Gasteiger partial charge in [-0.25, -0.2) is 4.79 Å². The van der Waals surface area contributed by atoms with Gasteiger partial charge in [0.25, 0.3) is 0 Å². The molecule has 2 amide bonds. The molecule has 1 heterocycles. The highest BCUT2D eigenvalue weighted by Gasteiger charge is 2.67. The van der Waals surface area contributed by atoms with Crippen molar-refractivity contribution in [1.29, 1.82) is 0 Å². The van der Waals surface area contributed by atoms with Crippen LogP contribution in [0.1, 0.15) is 22.3 Å². The van der Waals surface area contributed by atoms with Crippen molar-refractivity contribution in [3.8, 4) is 5.75 Å². The number of hydrogen-bond acceptors (Lipinski definition) is 4. The largest absolute Gasteiger partial charge is 0.423 e. The average Bonchev–Trinajstić information content (AvgIpc) is 3.54. The van der Waals surface area contributed by atoms with E-state index in [4.69, 9.17) is 16.3 Å². The van der Waals surface area contributed by atoms with Gasteiger partial charge in [0.2, 0.25) is 11.8 Å². The third kappa shape index (κ3) is 2.72. The van der Waals surface area contributed by atoms with Gasteiger partial charge < -0.3 is 4.74 Å². The van der Waals surface area contributed by atoms with E-state index in [-0.39, 0.29) is 35.5 Å². The Bertz CT molecular complexity index is 1130. The number of imide groups is 1. The highest BCUT2D eigenvalue weighted by molar-refractivity contribution is 6.31. The molecule has 4 aliphatic carbocycles. The molecule has 31 heavy (non-hydrogen) atoms. The minimum absolute atomic E-state index is 0.105. The van der Waals surface area contributed by atoms with Crippen LogP contribution in [0, 0.1) is 42.4 Å². The molecule has 5 nitrogen and oxygen atoms in total. The van der Waals surface area contributed by atoms with Gasteiger partial charge in [0.15, 0.2) is 0 Å². The van der Waals surface area contributed by atoms with E-state index in [1.807, 2.05) is 6.92 Å². The van der Waals surface area contributed by atoms with E-state index in [0.29, 0.717) is 33.9 Å². The maximum absolute atomic E-state index is 13.2. The van der Waals surface area contributed by atoms with Gasteiger partial charge in [0, 0.05) is 5.02 Å². The molecule has 6 atom stereocenters. The van der Waals surface area contributed by atoms with Gasteiger partial charge in [-0.15, -0.1) is 0 Å². The monoisotopic (exact) mass is 433 g/mol. The predicted octanol–water partition coefficient (Wildman–Crippen LogP) is 4.43. The maximum atomic E-state index is 13.2. The van der Waals surface area contributed by atoms with Crippen molar-refractivity contribution in [1.82, 2.24) is 0 Å². The van der Waals surface area contributed by atoms with Gasteiger partial charge in [-0.05, 0) is 85.0 Å². The number of ether oxygens (including phenoxy) is 1. The number of carbonyl (C=O) groups excluding carboxylic acids is 3. The van der Waals surface area contributed by atoms with Crippen LogP contribution in [0.3, 0.4) is 0 Å². The number of anilines is 1. The highest BCUT2D eigenvalue weighted by atomic mass is 35.5. The first-order chi connectivity index (χ1) is 14.9. The fourth-order valence-corrected chi connectivity index (χ4v) is 5.92. The van der Waals surface area contributed by atoms with Crippen molar-refractivity contribution < 1.29 is 19.1 Å². The third-order valence-corrected chi connectivity index (χ3v) is 7.79. The number of halogens is 1. The molecule has 156 valence electrons. The predicted molar refractivity (Wildman–Crippen MR) is 115 cm³/mol. The van der Waals surface area contributed by atoms with Crippen LogP contribution in [0.5, 0.6) is 5.75 Å². The van der Waals surface area contributed by atoms with Gasteiger partial charge in [-0.1, -0.05) is 23.8 Å². The molecule has 2 bridgehead atoms. The summed E-state index contributed by atoms with van der Waals surface area (Å²) in [4.78, 5) is 40.2. The summed E-state index contributed by atoms with van der Waals surface area (Å²) in [7, 11) is 0. The molecule has 5 aliphatic rings. The van der Waals surface area contributed by atoms with Gasteiger partial charge in [0.1, 0.15) is 5.75 Å². The van der Waals surface area contributed by atoms with Crippen LogP contribution in [0.4, 0.5) is 5.69 Å². The van der Waals surface area contributed by atoms with E-state index in [2.05, 4.69) is 12.2 Å². The molecule has 1 saturated heterocycles. The third-order valence-electron chi connectivity index (χ3n) is 7.36. The Morgan fingerprint density at radius 1 is 0.968 bits per heavy atom. The van der Waals surface area contributed by atoms with Crippen LogP contribution >= 0.6 is 11.6 Å². The van der Waals surface area contributed by atoms with Crippen molar-refractivity contribution in [2.24, 2.45) is 35.5 Å². The molecule has 0 N–H and O–H groups in total. The molecule has 0 radical (unpaired) electrons. The molecule has 0 unspecified atom stereocenters. The first-order valence-corrected chi connectivity index (χ1v) is 11.0. The first-order valence-electron chi connectivity index (χ1n) is 10.6. The van der Waals surface area contributed by atoms with Crippen LogP contribution in [-0.2, 0) is 9.59 Å². The standard InChI is InChI=1S/C25H20ClNO4/c1-12-10-15(6-9-20(12)26)31-25(30)13-2-4-14(5-3-13)27-23(28)21-16-7-8-17(19-11-18(16)19)22(21)24(27)29/h2-10,16-19,21-22H,11H2,1H3/t16-,17-,18-,19+,21-,22+/m0/s1. The number of nitrogens with zero attached hydrogens (tertiary/aromatic N) is 1. The molecule has 2 saturated carbocycles. The van der Waals surface area contributed by atoms with E-state index in [0.717, 1.165) is 12.0 Å². The second-order valence-electron chi connectivity index (χ2n) is 9.01. The number of aryl methyl sites for hydroxylation is 1. The molecule has 3 fully saturated rings. The molecular formula is C25H20ClNO4.